The van der Waals surface area contributed by atoms with Crippen molar-refractivity contribution >= 4 is 11.4 Å². The van der Waals surface area contributed by atoms with E-state index in [0.717, 1.165) is 30.6 Å². The third kappa shape index (κ3) is 6.10. The first-order valence-corrected chi connectivity index (χ1v) is 9.69. The van der Waals surface area contributed by atoms with Gasteiger partial charge >= 0.3 is 0 Å². The van der Waals surface area contributed by atoms with Gasteiger partial charge in [0.2, 0.25) is 0 Å². The van der Waals surface area contributed by atoms with Gasteiger partial charge in [-0.3, -0.25) is 0 Å². The van der Waals surface area contributed by atoms with Crippen LogP contribution in [0.15, 0.2) is 90.0 Å². The highest BCUT2D eigenvalue weighted by Crippen LogP contribution is 2.20. The minimum Gasteiger partial charge on any atom is -0.385 e. The van der Waals surface area contributed by atoms with Crippen LogP contribution in [0.4, 0.5) is 5.69 Å². The number of hydrogen-bond donors (Lipinski definition) is 2. The second-order valence-electron chi connectivity index (χ2n) is 6.37. The Bertz CT molecular complexity index is 826. The van der Waals surface area contributed by atoms with Gasteiger partial charge in [0, 0.05) is 17.8 Å². The molecule has 2 aromatic carbocycles. The van der Waals surface area contributed by atoms with Crippen LogP contribution in [0.1, 0.15) is 38.3 Å². The van der Waals surface area contributed by atoms with Crippen molar-refractivity contribution in [2.24, 2.45) is 0 Å². The van der Waals surface area contributed by atoms with Gasteiger partial charge in [0.1, 0.15) is 0 Å². The van der Waals surface area contributed by atoms with Gasteiger partial charge in [-0.1, -0.05) is 73.7 Å². The number of para-hydroxylation sites is 1. The summed E-state index contributed by atoms with van der Waals surface area (Å²) in [5, 5.41) is 11.8. The molecular formula is C25H30N2. The van der Waals surface area contributed by atoms with Crippen LogP contribution < -0.4 is 5.32 Å². The molecular weight excluding hydrogens is 328 g/mol. The minimum absolute atomic E-state index is 0.515. The van der Waals surface area contributed by atoms with Gasteiger partial charge in [-0.2, -0.15) is 0 Å². The fourth-order valence-electron chi connectivity index (χ4n) is 3.07. The molecule has 140 valence electrons. The normalized spacial score (nSPS) is 12.4. The molecule has 0 saturated carbocycles. The summed E-state index contributed by atoms with van der Waals surface area (Å²) in [7, 11) is 0. The third-order valence-corrected chi connectivity index (χ3v) is 4.38. The van der Waals surface area contributed by atoms with Crippen LogP contribution in [-0.2, 0) is 6.42 Å². The molecule has 27 heavy (non-hydrogen) atoms. The lowest BCUT2D eigenvalue weighted by molar-refractivity contribution is 1.11. The summed E-state index contributed by atoms with van der Waals surface area (Å²) in [6.07, 6.45) is 10.3. The van der Waals surface area contributed by atoms with Crippen LogP contribution in [-0.4, -0.2) is 12.3 Å². The Morgan fingerprint density at radius 2 is 1.67 bits per heavy atom. The lowest BCUT2D eigenvalue weighted by Gasteiger charge is -2.11. The highest BCUT2D eigenvalue weighted by Gasteiger charge is 2.06. The van der Waals surface area contributed by atoms with E-state index in [1.165, 1.54) is 16.7 Å². The summed E-state index contributed by atoms with van der Waals surface area (Å²) in [4.78, 5) is 0. The number of allylic oxidation sites excluding steroid dienone is 6. The molecule has 0 spiro atoms. The highest BCUT2D eigenvalue weighted by molar-refractivity contribution is 6.10. The summed E-state index contributed by atoms with van der Waals surface area (Å²) >= 11 is 0. The number of hydrogen-bond acceptors (Lipinski definition) is 2. The zero-order chi connectivity index (χ0) is 19.5. The Hall–Kier alpha value is -2.87. The van der Waals surface area contributed by atoms with E-state index in [-0.39, 0.29) is 0 Å². The number of anilines is 1. The molecule has 0 heterocycles. The van der Waals surface area contributed by atoms with Gasteiger partial charge in [0.15, 0.2) is 0 Å². The minimum atomic E-state index is 0.515. The Kier molecular flexibility index (Phi) is 8.31. The topological polar surface area (TPSA) is 35.9 Å². The van der Waals surface area contributed by atoms with E-state index in [0.29, 0.717) is 5.71 Å². The van der Waals surface area contributed by atoms with Crippen molar-refractivity contribution in [3.05, 3.63) is 101 Å². The van der Waals surface area contributed by atoms with Crippen LogP contribution in [0.2, 0.25) is 0 Å². The predicted octanol–water partition coefficient (Wildman–Crippen LogP) is 6.57. The average molecular weight is 359 g/mol. The average Bonchev–Trinajstić information content (AvgIpc) is 2.70. The van der Waals surface area contributed by atoms with E-state index < -0.39 is 0 Å². The molecule has 0 unspecified atom stereocenters. The standard InChI is InChI=1S/C25H30N2/c1-4-12-22(19-20-13-8-7-9-14-20)21(5-2)17-18-24(26)23-15-10-11-16-25(23)27-6-3/h5,7-18,26-27H,4,6,19H2,1-3H3/b18-17+,21-5-,22-12-,26-24?. The predicted molar refractivity (Wildman–Crippen MR) is 119 cm³/mol. The second kappa shape index (κ2) is 11.0. The maximum absolute atomic E-state index is 8.51. The van der Waals surface area contributed by atoms with E-state index in [1.54, 1.807) is 0 Å². The van der Waals surface area contributed by atoms with Crippen molar-refractivity contribution in [1.82, 2.24) is 0 Å². The fraction of sp³-hybridized carbons (Fsp3) is 0.240. The fourth-order valence-corrected chi connectivity index (χ4v) is 3.07. The summed E-state index contributed by atoms with van der Waals surface area (Å²) < 4.78 is 0. The molecule has 0 aliphatic heterocycles. The molecule has 0 fully saturated rings. The zero-order valence-electron chi connectivity index (χ0n) is 16.6. The molecule has 0 aliphatic rings. The van der Waals surface area contributed by atoms with Gasteiger partial charge in [-0.25, -0.2) is 0 Å². The van der Waals surface area contributed by atoms with Gasteiger partial charge in [0.25, 0.3) is 0 Å². The van der Waals surface area contributed by atoms with E-state index >= 15 is 0 Å². The number of nitrogens with one attached hydrogen (secondary N) is 2. The number of benzene rings is 2. The summed E-state index contributed by atoms with van der Waals surface area (Å²) in [5.41, 5.74) is 6.22. The lowest BCUT2D eigenvalue weighted by Crippen LogP contribution is -2.04. The van der Waals surface area contributed by atoms with Gasteiger partial charge in [-0.15, -0.1) is 0 Å². The molecule has 0 aromatic heterocycles. The van der Waals surface area contributed by atoms with Crippen LogP contribution in [0, 0.1) is 5.41 Å². The molecule has 0 radical (unpaired) electrons. The summed E-state index contributed by atoms with van der Waals surface area (Å²) in [5.74, 6) is 0. The maximum Gasteiger partial charge on any atom is 0.0633 e. The van der Waals surface area contributed by atoms with Gasteiger partial charge < -0.3 is 10.7 Å². The molecule has 2 N–H and O–H groups in total. The van der Waals surface area contributed by atoms with Crippen molar-refractivity contribution in [2.45, 2.75) is 33.6 Å². The summed E-state index contributed by atoms with van der Waals surface area (Å²) in [6.45, 7) is 7.13. The zero-order valence-corrected chi connectivity index (χ0v) is 16.6. The van der Waals surface area contributed by atoms with E-state index in [1.807, 2.05) is 36.4 Å². The Balaban J connectivity index is 2.21. The first-order valence-electron chi connectivity index (χ1n) is 9.69. The molecule has 0 aliphatic carbocycles. The van der Waals surface area contributed by atoms with E-state index in [2.05, 4.69) is 68.6 Å². The number of rotatable bonds is 9. The quantitative estimate of drug-likeness (QED) is 0.386. The Morgan fingerprint density at radius 3 is 2.33 bits per heavy atom. The molecule has 2 rings (SSSR count). The third-order valence-electron chi connectivity index (χ3n) is 4.38. The molecule has 0 amide bonds. The van der Waals surface area contributed by atoms with Gasteiger partial charge in [0.05, 0.1) is 5.71 Å². The van der Waals surface area contributed by atoms with Crippen LogP contribution in [0.5, 0.6) is 0 Å². The molecule has 0 saturated heterocycles. The first-order chi connectivity index (χ1) is 13.2. The van der Waals surface area contributed by atoms with E-state index in [4.69, 9.17) is 5.41 Å². The Labute approximate surface area is 163 Å². The highest BCUT2D eigenvalue weighted by atomic mass is 14.9. The molecule has 0 bridgehead atoms. The van der Waals surface area contributed by atoms with Crippen molar-refractivity contribution in [2.75, 3.05) is 11.9 Å². The summed E-state index contributed by atoms with van der Waals surface area (Å²) in [6, 6.07) is 18.5. The van der Waals surface area contributed by atoms with Crippen LogP contribution in [0.3, 0.4) is 0 Å². The molecule has 2 aromatic rings. The van der Waals surface area contributed by atoms with Crippen molar-refractivity contribution in [3.8, 4) is 0 Å². The largest absolute Gasteiger partial charge is 0.385 e. The molecule has 2 heteroatoms. The smallest absolute Gasteiger partial charge is 0.0633 e. The maximum atomic E-state index is 8.51. The van der Waals surface area contributed by atoms with Crippen molar-refractivity contribution in [1.29, 1.82) is 5.41 Å². The van der Waals surface area contributed by atoms with Gasteiger partial charge in [-0.05, 0) is 55.5 Å². The SMILES string of the molecule is C/C=C(/C=C/C(=N)c1ccccc1NCC)C(=C/CC)\Cc1ccccc1. The molecule has 0 atom stereocenters. The van der Waals surface area contributed by atoms with Crippen LogP contribution in [0.25, 0.3) is 0 Å². The van der Waals surface area contributed by atoms with Crippen LogP contribution >= 0.6 is 0 Å². The Morgan fingerprint density at radius 1 is 0.963 bits per heavy atom. The monoisotopic (exact) mass is 358 g/mol. The van der Waals surface area contributed by atoms with E-state index in [9.17, 15) is 0 Å². The van der Waals surface area contributed by atoms with Crippen molar-refractivity contribution in [3.63, 3.8) is 0 Å². The lowest BCUT2D eigenvalue weighted by atomic mass is 9.95. The molecule has 2 nitrogen and oxygen atoms in total. The van der Waals surface area contributed by atoms with Crippen molar-refractivity contribution < 1.29 is 0 Å². The first kappa shape index (κ1) is 20.4. The second-order valence-corrected chi connectivity index (χ2v) is 6.37.